The lowest BCUT2D eigenvalue weighted by atomic mass is 10.0. The van der Waals surface area contributed by atoms with Gasteiger partial charge < -0.3 is 16.2 Å². The molecule has 2 aromatic rings. The molecule has 1 aliphatic rings. The van der Waals surface area contributed by atoms with Crippen LogP contribution < -0.4 is 11.1 Å². The van der Waals surface area contributed by atoms with Gasteiger partial charge >= 0.3 is 5.97 Å². The number of rotatable bonds is 5. The van der Waals surface area contributed by atoms with Crippen molar-refractivity contribution in [2.75, 3.05) is 0 Å². The minimum Gasteiger partial charge on any atom is -0.481 e. The number of amides is 1. The van der Waals surface area contributed by atoms with E-state index < -0.39 is 5.97 Å². The Bertz CT molecular complexity index is 771. The molecule has 5 nitrogen and oxygen atoms in total. The molecule has 5 heteroatoms. The second kappa shape index (κ2) is 7.49. The summed E-state index contributed by atoms with van der Waals surface area (Å²) in [5, 5.41) is 12.0. The lowest BCUT2D eigenvalue weighted by molar-refractivity contribution is -0.141. The fourth-order valence-corrected chi connectivity index (χ4v) is 3.28. The fourth-order valence-electron chi connectivity index (χ4n) is 3.28. The highest BCUT2D eigenvalue weighted by Gasteiger charge is 2.30. The van der Waals surface area contributed by atoms with Gasteiger partial charge in [-0.1, -0.05) is 36.4 Å². The largest absolute Gasteiger partial charge is 0.481 e. The third-order valence-electron chi connectivity index (χ3n) is 4.76. The Balaban J connectivity index is 1.70. The number of carboxylic acids is 1. The van der Waals surface area contributed by atoms with Crippen LogP contribution in [0, 0.1) is 5.92 Å². The monoisotopic (exact) mass is 338 g/mol. The first kappa shape index (κ1) is 17.2. The molecule has 1 amide bonds. The molecular weight excluding hydrogens is 316 g/mol. The summed E-state index contributed by atoms with van der Waals surface area (Å²) in [6.45, 7) is 0.501. The highest BCUT2D eigenvalue weighted by Crippen LogP contribution is 2.26. The molecule has 3 rings (SSSR count). The number of hydrogen-bond acceptors (Lipinski definition) is 3. The van der Waals surface area contributed by atoms with Gasteiger partial charge in [-0.05, 0) is 48.1 Å². The quantitative estimate of drug-likeness (QED) is 0.781. The number of hydrogen-bond donors (Lipinski definition) is 3. The average molecular weight is 338 g/mol. The molecule has 0 unspecified atom stereocenters. The van der Waals surface area contributed by atoms with Gasteiger partial charge in [-0.25, -0.2) is 0 Å². The molecule has 25 heavy (non-hydrogen) atoms. The van der Waals surface area contributed by atoms with E-state index >= 15 is 0 Å². The van der Waals surface area contributed by atoms with E-state index in [1.807, 2.05) is 42.5 Å². The molecule has 4 N–H and O–H groups in total. The van der Waals surface area contributed by atoms with E-state index in [1.54, 1.807) is 6.07 Å². The highest BCUT2D eigenvalue weighted by atomic mass is 16.4. The van der Waals surface area contributed by atoms with E-state index in [0.717, 1.165) is 16.7 Å². The highest BCUT2D eigenvalue weighted by molar-refractivity contribution is 5.95. The van der Waals surface area contributed by atoms with Gasteiger partial charge in [-0.15, -0.1) is 0 Å². The van der Waals surface area contributed by atoms with Crippen LogP contribution in [0.4, 0.5) is 0 Å². The van der Waals surface area contributed by atoms with Crippen LogP contribution in [-0.4, -0.2) is 23.0 Å². The second-order valence-electron chi connectivity index (χ2n) is 6.50. The molecule has 0 aliphatic heterocycles. The molecule has 2 atom stereocenters. The third kappa shape index (κ3) is 4.06. The Labute approximate surface area is 146 Å². The number of carboxylic acid groups (broad SMARTS) is 1. The predicted molar refractivity (Wildman–Crippen MR) is 96.0 cm³/mol. The Morgan fingerprint density at radius 3 is 2.48 bits per heavy atom. The molecule has 0 spiro atoms. The number of aliphatic carboxylic acids is 1. The minimum atomic E-state index is -0.778. The van der Waals surface area contributed by atoms with Gasteiger partial charge in [-0.3, -0.25) is 9.59 Å². The summed E-state index contributed by atoms with van der Waals surface area (Å²) in [6.07, 6.45) is 1.83. The maximum Gasteiger partial charge on any atom is 0.306 e. The zero-order chi connectivity index (χ0) is 17.8. The average Bonchev–Trinajstić information content (AvgIpc) is 3.11. The normalized spacial score (nSPS) is 19.6. The van der Waals surface area contributed by atoms with Crippen molar-refractivity contribution in [3.8, 4) is 11.1 Å². The first-order valence-electron chi connectivity index (χ1n) is 8.50. The lowest BCUT2D eigenvalue weighted by Gasteiger charge is -2.13. The Hall–Kier alpha value is -2.66. The summed E-state index contributed by atoms with van der Waals surface area (Å²) in [4.78, 5) is 23.5. The zero-order valence-electron chi connectivity index (χ0n) is 13.9. The molecule has 0 radical (unpaired) electrons. The van der Waals surface area contributed by atoms with E-state index in [0.29, 0.717) is 31.4 Å². The van der Waals surface area contributed by atoms with E-state index in [2.05, 4.69) is 5.32 Å². The van der Waals surface area contributed by atoms with Crippen molar-refractivity contribution in [1.82, 2.24) is 5.32 Å². The van der Waals surface area contributed by atoms with Crippen LogP contribution in [0.15, 0.2) is 48.5 Å². The van der Waals surface area contributed by atoms with Crippen molar-refractivity contribution < 1.29 is 14.7 Å². The van der Waals surface area contributed by atoms with Crippen molar-refractivity contribution in [2.45, 2.75) is 31.8 Å². The second-order valence-corrected chi connectivity index (χ2v) is 6.50. The van der Waals surface area contributed by atoms with Crippen LogP contribution >= 0.6 is 0 Å². The molecule has 1 saturated carbocycles. The Morgan fingerprint density at radius 2 is 1.84 bits per heavy atom. The SMILES string of the molecule is NCc1ccc(-c2cccc(C(=O)N[C@@H]3CC[C@H](C(=O)O)C3)c2)cc1. The fraction of sp³-hybridized carbons (Fsp3) is 0.300. The summed E-state index contributed by atoms with van der Waals surface area (Å²) in [7, 11) is 0. The van der Waals surface area contributed by atoms with Crippen LogP contribution in [0.3, 0.4) is 0 Å². The summed E-state index contributed by atoms with van der Waals surface area (Å²) in [5.41, 5.74) is 9.25. The molecular formula is C20H22N2O3. The van der Waals surface area contributed by atoms with Gasteiger partial charge in [0.25, 0.3) is 5.91 Å². The Morgan fingerprint density at radius 1 is 1.08 bits per heavy atom. The van der Waals surface area contributed by atoms with Gasteiger partial charge in [0.05, 0.1) is 5.92 Å². The topological polar surface area (TPSA) is 92.4 Å². The predicted octanol–water partition coefficient (Wildman–Crippen LogP) is 2.80. The zero-order valence-corrected chi connectivity index (χ0v) is 13.9. The molecule has 1 fully saturated rings. The maximum atomic E-state index is 12.5. The smallest absolute Gasteiger partial charge is 0.306 e. The Kier molecular flexibility index (Phi) is 5.14. The van der Waals surface area contributed by atoms with Crippen LogP contribution in [0.25, 0.3) is 11.1 Å². The van der Waals surface area contributed by atoms with E-state index in [1.165, 1.54) is 0 Å². The van der Waals surface area contributed by atoms with Crippen LogP contribution in [-0.2, 0) is 11.3 Å². The first-order chi connectivity index (χ1) is 12.1. The number of carbonyl (C=O) groups excluding carboxylic acids is 1. The molecule has 2 aromatic carbocycles. The standard InChI is InChI=1S/C20H22N2O3/c21-12-13-4-6-14(7-5-13)15-2-1-3-16(10-15)19(23)22-18-9-8-17(11-18)20(24)25/h1-7,10,17-18H,8-9,11-12,21H2,(H,22,23)(H,24,25)/t17-,18+/m0/s1. The molecule has 0 bridgehead atoms. The number of nitrogens with two attached hydrogens (primary N) is 1. The minimum absolute atomic E-state index is 0.0684. The van der Waals surface area contributed by atoms with Crippen molar-refractivity contribution in [3.05, 3.63) is 59.7 Å². The van der Waals surface area contributed by atoms with Gasteiger partial charge in [0, 0.05) is 18.2 Å². The molecule has 0 heterocycles. The summed E-state index contributed by atoms with van der Waals surface area (Å²) in [5.74, 6) is -1.28. The maximum absolute atomic E-state index is 12.5. The van der Waals surface area contributed by atoms with Crippen LogP contribution in [0.5, 0.6) is 0 Å². The molecule has 0 aromatic heterocycles. The third-order valence-corrected chi connectivity index (χ3v) is 4.76. The lowest BCUT2D eigenvalue weighted by Crippen LogP contribution is -2.33. The van der Waals surface area contributed by atoms with Crippen LogP contribution in [0.1, 0.15) is 35.2 Å². The summed E-state index contributed by atoms with van der Waals surface area (Å²) < 4.78 is 0. The van der Waals surface area contributed by atoms with Crippen molar-refractivity contribution in [2.24, 2.45) is 11.7 Å². The van der Waals surface area contributed by atoms with E-state index in [-0.39, 0.29) is 17.9 Å². The van der Waals surface area contributed by atoms with E-state index in [4.69, 9.17) is 10.8 Å². The van der Waals surface area contributed by atoms with E-state index in [9.17, 15) is 9.59 Å². The van der Waals surface area contributed by atoms with Gasteiger partial charge in [0.15, 0.2) is 0 Å². The summed E-state index contributed by atoms with van der Waals surface area (Å²) >= 11 is 0. The summed E-state index contributed by atoms with van der Waals surface area (Å²) in [6, 6.07) is 15.3. The molecule has 1 aliphatic carbocycles. The van der Waals surface area contributed by atoms with Crippen molar-refractivity contribution >= 4 is 11.9 Å². The number of carbonyl (C=O) groups is 2. The van der Waals surface area contributed by atoms with Gasteiger partial charge in [-0.2, -0.15) is 0 Å². The van der Waals surface area contributed by atoms with Gasteiger partial charge in [0.2, 0.25) is 0 Å². The van der Waals surface area contributed by atoms with Crippen LogP contribution in [0.2, 0.25) is 0 Å². The number of benzene rings is 2. The van der Waals surface area contributed by atoms with Crippen molar-refractivity contribution in [3.63, 3.8) is 0 Å². The number of nitrogens with one attached hydrogen (secondary N) is 1. The van der Waals surface area contributed by atoms with Gasteiger partial charge in [0.1, 0.15) is 0 Å². The molecule has 0 saturated heterocycles. The van der Waals surface area contributed by atoms with Crippen molar-refractivity contribution in [1.29, 1.82) is 0 Å². The molecule has 130 valence electrons. The first-order valence-corrected chi connectivity index (χ1v) is 8.50.